The quantitative estimate of drug-likeness (QED) is 0.541. The molecule has 1 aliphatic heterocycles. The van der Waals surface area contributed by atoms with E-state index in [0.29, 0.717) is 0 Å². The summed E-state index contributed by atoms with van der Waals surface area (Å²) in [5, 5.41) is 17.9. The standard InChI is InChI=1S/C4H7NO.C3H2N2/c6-4-2-1-3-5-4;4-2-1-3-5/h1-3H2,(H,5,6);1H2. The topological polar surface area (TPSA) is 76.7 Å². The van der Waals surface area contributed by atoms with Gasteiger partial charge in [-0.3, -0.25) is 4.79 Å². The van der Waals surface area contributed by atoms with E-state index in [1.807, 2.05) is 0 Å². The zero-order valence-electron chi connectivity index (χ0n) is 6.13. The molecule has 0 bridgehead atoms. The molecule has 1 saturated heterocycles. The van der Waals surface area contributed by atoms with Crippen LogP contribution < -0.4 is 5.32 Å². The Balaban J connectivity index is 0.000000187. The van der Waals surface area contributed by atoms with Crippen LogP contribution in [0.3, 0.4) is 0 Å². The Hall–Kier alpha value is -1.55. The highest BCUT2D eigenvalue weighted by molar-refractivity contribution is 5.77. The molecule has 0 spiro atoms. The minimum absolute atomic E-state index is 0. The van der Waals surface area contributed by atoms with Crippen molar-refractivity contribution in [3.8, 4) is 12.1 Å². The van der Waals surface area contributed by atoms with Gasteiger partial charge in [-0.05, 0) is 6.42 Å². The third kappa shape index (κ3) is 6.33. The number of nitrogens with one attached hydrogen (secondary N) is 1. The van der Waals surface area contributed by atoms with E-state index in [4.69, 9.17) is 10.5 Å². The largest absolute Gasteiger partial charge is 0.356 e. The zero-order chi connectivity index (χ0) is 8.53. The summed E-state index contributed by atoms with van der Waals surface area (Å²) in [5.41, 5.74) is 0. The predicted molar refractivity (Wildman–Crippen MR) is 38.1 cm³/mol. The number of nitriles is 2. The first-order valence-corrected chi connectivity index (χ1v) is 3.32. The molecule has 1 aliphatic rings. The molecule has 58 valence electrons. The lowest BCUT2D eigenvalue weighted by molar-refractivity contribution is -0.119. The number of hydrogen-bond donors (Lipinski definition) is 1. The molecular formula is C7H9N3O. The minimum Gasteiger partial charge on any atom is -0.356 e. The maximum absolute atomic E-state index is 10.1. The van der Waals surface area contributed by atoms with Crippen LogP contribution in [0.2, 0.25) is 0 Å². The van der Waals surface area contributed by atoms with Gasteiger partial charge >= 0.3 is 0 Å². The van der Waals surface area contributed by atoms with E-state index >= 15 is 0 Å². The Labute approximate surface area is 65.4 Å². The number of hydrogen-bond acceptors (Lipinski definition) is 3. The molecule has 0 aromatic carbocycles. The van der Waals surface area contributed by atoms with Gasteiger partial charge in [-0.25, -0.2) is 0 Å². The normalized spacial score (nSPS) is 13.5. The summed E-state index contributed by atoms with van der Waals surface area (Å²) >= 11 is 0. The lowest BCUT2D eigenvalue weighted by Gasteiger charge is -1.80. The second-order valence-electron chi connectivity index (χ2n) is 1.95. The molecule has 11 heavy (non-hydrogen) atoms. The summed E-state index contributed by atoms with van der Waals surface area (Å²) in [6.07, 6.45) is 1.76. The van der Waals surface area contributed by atoms with Crippen molar-refractivity contribution in [3.05, 3.63) is 0 Å². The summed E-state index contributed by atoms with van der Waals surface area (Å²) < 4.78 is 0. The van der Waals surface area contributed by atoms with Gasteiger partial charge in [-0.1, -0.05) is 0 Å². The van der Waals surface area contributed by atoms with Gasteiger partial charge in [0.15, 0.2) is 0 Å². The van der Waals surface area contributed by atoms with Crippen molar-refractivity contribution < 1.29 is 4.79 Å². The summed E-state index contributed by atoms with van der Waals surface area (Å²) in [6, 6.07) is 3.31. The molecule has 1 amide bonds. The van der Waals surface area contributed by atoms with Gasteiger partial charge in [0.2, 0.25) is 5.91 Å². The second-order valence-corrected chi connectivity index (χ2v) is 1.95. The average Bonchev–Trinajstić information content (AvgIpc) is 2.43. The molecule has 1 rings (SSSR count). The summed E-state index contributed by atoms with van der Waals surface area (Å²) in [6.45, 7) is 0.888. The van der Waals surface area contributed by atoms with E-state index < -0.39 is 0 Å². The number of nitrogens with zero attached hydrogens (tertiary/aromatic N) is 2. The Morgan fingerprint density at radius 2 is 2.09 bits per heavy atom. The first kappa shape index (κ1) is 9.45. The van der Waals surface area contributed by atoms with Crippen molar-refractivity contribution in [3.63, 3.8) is 0 Å². The number of rotatable bonds is 0. The maximum Gasteiger partial charge on any atom is 0.220 e. The highest BCUT2D eigenvalue weighted by Crippen LogP contribution is 1.93. The van der Waals surface area contributed by atoms with Crippen molar-refractivity contribution in [1.82, 2.24) is 5.32 Å². The van der Waals surface area contributed by atoms with Crippen LogP contribution in [0.25, 0.3) is 0 Å². The fraction of sp³-hybridized carbons (Fsp3) is 0.571. The van der Waals surface area contributed by atoms with Crippen LogP contribution in [0.15, 0.2) is 0 Å². The van der Waals surface area contributed by atoms with Crippen LogP contribution in [-0.2, 0) is 4.79 Å². The van der Waals surface area contributed by atoms with E-state index in [-0.39, 0.29) is 12.3 Å². The smallest absolute Gasteiger partial charge is 0.220 e. The molecule has 0 unspecified atom stereocenters. The van der Waals surface area contributed by atoms with E-state index in [1.165, 1.54) is 0 Å². The lowest BCUT2D eigenvalue weighted by Crippen LogP contribution is -2.12. The maximum atomic E-state index is 10.1. The third-order valence-electron chi connectivity index (χ3n) is 1.06. The molecule has 1 N–H and O–H groups in total. The number of amides is 1. The molecule has 0 saturated carbocycles. The zero-order valence-corrected chi connectivity index (χ0v) is 6.13. The summed E-state index contributed by atoms with van der Waals surface area (Å²) in [4.78, 5) is 10.1. The van der Waals surface area contributed by atoms with E-state index in [1.54, 1.807) is 12.1 Å². The highest BCUT2D eigenvalue weighted by atomic mass is 16.1. The van der Waals surface area contributed by atoms with Crippen LogP contribution in [-0.4, -0.2) is 12.5 Å². The van der Waals surface area contributed by atoms with Crippen LogP contribution >= 0.6 is 0 Å². The van der Waals surface area contributed by atoms with Gasteiger partial charge in [0.1, 0.15) is 6.42 Å². The number of carbonyl (C=O) groups is 1. The molecule has 1 fully saturated rings. The van der Waals surface area contributed by atoms with E-state index in [9.17, 15) is 4.79 Å². The van der Waals surface area contributed by atoms with Crippen LogP contribution in [0, 0.1) is 22.7 Å². The minimum atomic E-state index is 0. The molecule has 4 heteroatoms. The van der Waals surface area contributed by atoms with Crippen LogP contribution in [0.5, 0.6) is 0 Å². The third-order valence-corrected chi connectivity index (χ3v) is 1.06. The van der Waals surface area contributed by atoms with Crippen LogP contribution in [0.1, 0.15) is 19.3 Å². The monoisotopic (exact) mass is 151 g/mol. The SMILES string of the molecule is N#CCC#N.O=C1CCCN1. The van der Waals surface area contributed by atoms with E-state index in [0.717, 1.165) is 19.4 Å². The van der Waals surface area contributed by atoms with Crippen molar-refractivity contribution in [2.24, 2.45) is 0 Å². The van der Waals surface area contributed by atoms with Crippen molar-refractivity contribution in [2.45, 2.75) is 19.3 Å². The molecule has 1 heterocycles. The average molecular weight is 151 g/mol. The molecule has 0 aliphatic carbocycles. The van der Waals surface area contributed by atoms with Crippen molar-refractivity contribution in [1.29, 1.82) is 10.5 Å². The Bertz CT molecular complexity index is 179. The van der Waals surface area contributed by atoms with Crippen molar-refractivity contribution in [2.75, 3.05) is 6.54 Å². The molecular weight excluding hydrogens is 142 g/mol. The summed E-state index contributed by atoms with van der Waals surface area (Å²) in [5.74, 6) is 0.204. The molecule has 0 atom stereocenters. The number of carbonyl (C=O) groups excluding carboxylic acids is 1. The fourth-order valence-electron chi connectivity index (χ4n) is 0.600. The Morgan fingerprint density at radius 3 is 2.18 bits per heavy atom. The highest BCUT2D eigenvalue weighted by Gasteiger charge is 2.05. The van der Waals surface area contributed by atoms with Gasteiger partial charge in [0, 0.05) is 13.0 Å². The second kappa shape index (κ2) is 6.57. The predicted octanol–water partition coefficient (Wildman–Crippen LogP) is 0.320. The molecule has 0 aromatic rings. The van der Waals surface area contributed by atoms with Crippen molar-refractivity contribution >= 4 is 5.91 Å². The lowest BCUT2D eigenvalue weighted by atomic mass is 10.4. The van der Waals surface area contributed by atoms with Gasteiger partial charge in [0.25, 0.3) is 0 Å². The van der Waals surface area contributed by atoms with Gasteiger partial charge < -0.3 is 5.32 Å². The fourth-order valence-corrected chi connectivity index (χ4v) is 0.600. The van der Waals surface area contributed by atoms with E-state index in [2.05, 4.69) is 5.32 Å². The van der Waals surface area contributed by atoms with Gasteiger partial charge in [-0.2, -0.15) is 10.5 Å². The first-order chi connectivity index (χ1) is 5.31. The first-order valence-electron chi connectivity index (χ1n) is 3.32. The Kier molecular flexibility index (Phi) is 5.64. The molecule has 0 aromatic heterocycles. The van der Waals surface area contributed by atoms with Gasteiger partial charge in [-0.15, -0.1) is 0 Å². The molecule has 0 radical (unpaired) electrons. The van der Waals surface area contributed by atoms with Crippen LogP contribution in [0.4, 0.5) is 0 Å². The van der Waals surface area contributed by atoms with Gasteiger partial charge in [0.05, 0.1) is 12.1 Å². The summed E-state index contributed by atoms with van der Waals surface area (Å²) in [7, 11) is 0. The Morgan fingerprint density at radius 1 is 1.45 bits per heavy atom. The molecule has 4 nitrogen and oxygen atoms in total.